The first-order valence-corrected chi connectivity index (χ1v) is 8.67. The molecule has 3 heterocycles. The molecule has 0 bridgehead atoms. The molecule has 2 aliphatic rings. The Morgan fingerprint density at radius 2 is 1.92 bits per heavy atom. The summed E-state index contributed by atoms with van der Waals surface area (Å²) in [6, 6.07) is 3.95. The van der Waals surface area contributed by atoms with E-state index in [-0.39, 0.29) is 17.2 Å². The Hall–Kier alpha value is -1.80. The number of hydrogen-bond donors (Lipinski definition) is 1. The molecule has 0 unspecified atom stereocenters. The number of hydrogen-bond acceptors (Lipinski definition) is 5. The molecule has 8 heteroatoms. The van der Waals surface area contributed by atoms with Crippen LogP contribution in [0.25, 0.3) is 0 Å². The molecule has 0 spiro atoms. The second-order valence-corrected chi connectivity index (χ2v) is 7.81. The highest BCUT2D eigenvalue weighted by Crippen LogP contribution is 2.36. The fraction of sp³-hybridized carbons (Fsp3) is 0.647. The first-order valence-electron chi connectivity index (χ1n) is 8.67. The van der Waals surface area contributed by atoms with Gasteiger partial charge in [-0.3, -0.25) is 0 Å². The standard InChI is InChI=1S/C17H26BN3O4/c1-12-11-20(15(22)23)8-9-21(12)14-10-13(6-7-19-14)18-24-16(2,3)17(4,5)25-18/h6-7,10,12H,8-9,11H2,1-5H3,(H,22,23)/t12-/m0/s1. The Bertz CT molecular complexity index is 651. The van der Waals surface area contributed by atoms with Crippen molar-refractivity contribution >= 4 is 24.5 Å². The fourth-order valence-electron chi connectivity index (χ4n) is 3.19. The van der Waals surface area contributed by atoms with Crippen LogP contribution in [-0.4, -0.2) is 65.1 Å². The highest BCUT2D eigenvalue weighted by molar-refractivity contribution is 6.62. The predicted octanol–water partition coefficient (Wildman–Crippen LogP) is 1.57. The SMILES string of the molecule is C[C@H]1CN(C(=O)O)CCN1c1cc(B2OC(C)(C)C(C)(C)O2)ccn1. The lowest BCUT2D eigenvalue weighted by Gasteiger charge is -2.39. The molecule has 25 heavy (non-hydrogen) atoms. The van der Waals surface area contributed by atoms with Crippen molar-refractivity contribution in [3.63, 3.8) is 0 Å². The van der Waals surface area contributed by atoms with Crippen molar-refractivity contribution in [1.29, 1.82) is 0 Å². The second-order valence-electron chi connectivity index (χ2n) is 7.81. The third kappa shape index (κ3) is 3.33. The highest BCUT2D eigenvalue weighted by Gasteiger charge is 2.51. The van der Waals surface area contributed by atoms with Crippen LogP contribution in [0.1, 0.15) is 34.6 Å². The van der Waals surface area contributed by atoms with Gasteiger partial charge in [-0.1, -0.05) is 0 Å². The van der Waals surface area contributed by atoms with Gasteiger partial charge in [-0.2, -0.15) is 0 Å². The summed E-state index contributed by atoms with van der Waals surface area (Å²) in [5.74, 6) is 0.824. The molecule has 0 aliphatic carbocycles. The number of aromatic nitrogens is 1. The summed E-state index contributed by atoms with van der Waals surface area (Å²) >= 11 is 0. The monoisotopic (exact) mass is 347 g/mol. The van der Waals surface area contributed by atoms with Gasteiger partial charge in [0.2, 0.25) is 0 Å². The lowest BCUT2D eigenvalue weighted by molar-refractivity contribution is 0.00578. The van der Waals surface area contributed by atoms with Crippen LogP contribution in [0.2, 0.25) is 0 Å². The zero-order chi connectivity index (χ0) is 18.4. The van der Waals surface area contributed by atoms with Gasteiger partial charge in [0, 0.05) is 31.9 Å². The number of carboxylic acid groups (broad SMARTS) is 1. The van der Waals surface area contributed by atoms with E-state index in [1.807, 2.05) is 46.8 Å². The lowest BCUT2D eigenvalue weighted by Crippen LogP contribution is -2.54. The van der Waals surface area contributed by atoms with Crippen LogP contribution in [-0.2, 0) is 9.31 Å². The summed E-state index contributed by atoms with van der Waals surface area (Å²) in [5.41, 5.74) is 0.153. The third-order valence-corrected chi connectivity index (χ3v) is 5.49. The van der Waals surface area contributed by atoms with E-state index >= 15 is 0 Å². The number of nitrogens with zero attached hydrogens (tertiary/aromatic N) is 3. The number of rotatable bonds is 2. The maximum Gasteiger partial charge on any atom is 0.495 e. The zero-order valence-corrected chi connectivity index (χ0v) is 15.5. The lowest BCUT2D eigenvalue weighted by atomic mass is 9.79. The molecular formula is C17H26BN3O4. The van der Waals surface area contributed by atoms with E-state index in [0.29, 0.717) is 19.6 Å². The molecule has 0 radical (unpaired) electrons. The van der Waals surface area contributed by atoms with E-state index < -0.39 is 13.2 Å². The number of piperazine rings is 1. The van der Waals surface area contributed by atoms with Gasteiger partial charge in [0.1, 0.15) is 5.82 Å². The summed E-state index contributed by atoms with van der Waals surface area (Å²) in [4.78, 5) is 19.2. The smallest absolute Gasteiger partial charge is 0.465 e. The summed E-state index contributed by atoms with van der Waals surface area (Å²) in [5, 5.41) is 9.16. The van der Waals surface area contributed by atoms with Crippen molar-refractivity contribution in [2.24, 2.45) is 0 Å². The van der Waals surface area contributed by atoms with Crippen LogP contribution < -0.4 is 10.4 Å². The summed E-state index contributed by atoms with van der Waals surface area (Å²) < 4.78 is 12.2. The molecule has 2 aliphatic heterocycles. The van der Waals surface area contributed by atoms with Crippen molar-refractivity contribution in [2.45, 2.75) is 51.9 Å². The molecule has 7 nitrogen and oxygen atoms in total. The zero-order valence-electron chi connectivity index (χ0n) is 15.5. The maximum absolute atomic E-state index is 11.2. The van der Waals surface area contributed by atoms with Crippen molar-refractivity contribution in [3.05, 3.63) is 18.3 Å². The van der Waals surface area contributed by atoms with Crippen molar-refractivity contribution in [3.8, 4) is 0 Å². The molecule has 1 atom stereocenters. The third-order valence-electron chi connectivity index (χ3n) is 5.49. The van der Waals surface area contributed by atoms with E-state index in [9.17, 15) is 4.79 Å². The van der Waals surface area contributed by atoms with Gasteiger partial charge in [-0.25, -0.2) is 9.78 Å². The molecule has 0 aromatic carbocycles. The minimum Gasteiger partial charge on any atom is -0.465 e. The fourth-order valence-corrected chi connectivity index (χ4v) is 3.19. The Morgan fingerprint density at radius 1 is 1.28 bits per heavy atom. The normalized spacial score (nSPS) is 25.3. The van der Waals surface area contributed by atoms with Gasteiger partial charge in [0.05, 0.1) is 11.2 Å². The molecule has 0 saturated carbocycles. The first-order chi connectivity index (χ1) is 11.6. The second kappa shape index (κ2) is 6.18. The van der Waals surface area contributed by atoms with Crippen LogP contribution in [0.5, 0.6) is 0 Å². The molecular weight excluding hydrogens is 321 g/mol. The summed E-state index contributed by atoms with van der Waals surface area (Å²) in [6.45, 7) is 11.7. The topological polar surface area (TPSA) is 75.1 Å². The molecule has 3 rings (SSSR count). The van der Waals surface area contributed by atoms with Gasteiger partial charge in [-0.15, -0.1) is 0 Å². The molecule has 1 amide bonds. The van der Waals surface area contributed by atoms with Crippen molar-refractivity contribution < 1.29 is 19.2 Å². The van der Waals surface area contributed by atoms with Crippen LogP contribution in [0, 0.1) is 0 Å². The Morgan fingerprint density at radius 3 is 2.48 bits per heavy atom. The number of carbonyl (C=O) groups is 1. The molecule has 2 saturated heterocycles. The van der Waals surface area contributed by atoms with Crippen molar-refractivity contribution in [2.75, 3.05) is 24.5 Å². The Labute approximate surface area is 149 Å². The van der Waals surface area contributed by atoms with Gasteiger partial charge < -0.3 is 24.2 Å². The molecule has 1 aromatic rings. The quantitative estimate of drug-likeness (QED) is 0.819. The Balaban J connectivity index is 1.78. The van der Waals surface area contributed by atoms with Gasteiger partial charge in [0.15, 0.2) is 0 Å². The van der Waals surface area contributed by atoms with E-state index in [0.717, 1.165) is 11.3 Å². The predicted molar refractivity (Wildman–Crippen MR) is 96.4 cm³/mol. The van der Waals surface area contributed by atoms with E-state index in [1.54, 1.807) is 6.20 Å². The molecule has 1 N–H and O–H groups in total. The first kappa shape index (κ1) is 18.0. The average Bonchev–Trinajstić information content (AvgIpc) is 2.75. The van der Waals surface area contributed by atoms with E-state index in [1.165, 1.54) is 4.90 Å². The number of amides is 1. The largest absolute Gasteiger partial charge is 0.495 e. The van der Waals surface area contributed by atoms with Gasteiger partial charge >= 0.3 is 13.2 Å². The van der Waals surface area contributed by atoms with Crippen LogP contribution in [0.4, 0.5) is 10.6 Å². The van der Waals surface area contributed by atoms with Crippen LogP contribution in [0.15, 0.2) is 18.3 Å². The molecule has 136 valence electrons. The summed E-state index contributed by atoms with van der Waals surface area (Å²) in [7, 11) is -0.428. The highest BCUT2D eigenvalue weighted by atomic mass is 16.7. The maximum atomic E-state index is 11.2. The van der Waals surface area contributed by atoms with E-state index in [2.05, 4.69) is 9.88 Å². The van der Waals surface area contributed by atoms with Crippen LogP contribution >= 0.6 is 0 Å². The van der Waals surface area contributed by atoms with Gasteiger partial charge in [0.25, 0.3) is 0 Å². The van der Waals surface area contributed by atoms with Gasteiger partial charge in [-0.05, 0) is 52.2 Å². The van der Waals surface area contributed by atoms with Crippen molar-refractivity contribution in [1.82, 2.24) is 9.88 Å². The minimum atomic E-state index is -0.870. The number of anilines is 1. The average molecular weight is 347 g/mol. The molecule has 1 aromatic heterocycles. The van der Waals surface area contributed by atoms with Crippen LogP contribution in [0.3, 0.4) is 0 Å². The summed E-state index contributed by atoms with van der Waals surface area (Å²) in [6.07, 6.45) is 0.886. The van der Waals surface area contributed by atoms with E-state index in [4.69, 9.17) is 14.4 Å². The Kier molecular flexibility index (Phi) is 4.45. The minimum absolute atomic E-state index is 0.0610. The molecule has 2 fully saturated rings. The number of pyridine rings is 1.